The van der Waals surface area contributed by atoms with Crippen LogP contribution in [0.5, 0.6) is 0 Å². The van der Waals surface area contributed by atoms with E-state index < -0.39 is 0 Å². The van der Waals surface area contributed by atoms with Gasteiger partial charge < -0.3 is 0 Å². The fourth-order valence-electron chi connectivity index (χ4n) is 5.03. The summed E-state index contributed by atoms with van der Waals surface area (Å²) >= 11 is 7.01. The molecule has 3 atom stereocenters. The number of hydrogen-bond donors (Lipinski definition) is 0. The van der Waals surface area contributed by atoms with E-state index in [2.05, 4.69) is 34.6 Å². The van der Waals surface area contributed by atoms with Crippen molar-refractivity contribution in [3.05, 3.63) is 22.3 Å². The van der Waals surface area contributed by atoms with Crippen LogP contribution in [0.3, 0.4) is 0 Å². The Balaban J connectivity index is 2.40. The maximum atomic E-state index is 12.7. The van der Waals surface area contributed by atoms with Crippen LogP contribution >= 0.6 is 11.6 Å². The van der Waals surface area contributed by atoms with E-state index in [1.54, 1.807) is 20.8 Å². The van der Waals surface area contributed by atoms with Crippen molar-refractivity contribution in [3.63, 3.8) is 0 Å². The van der Waals surface area contributed by atoms with Gasteiger partial charge in [0.05, 0.1) is 0 Å². The summed E-state index contributed by atoms with van der Waals surface area (Å²) in [5.41, 5.74) is 2.48. The Morgan fingerprint density at radius 1 is 0.697 bits per heavy atom. The van der Waals surface area contributed by atoms with Gasteiger partial charge in [0.25, 0.3) is 0 Å². The summed E-state index contributed by atoms with van der Waals surface area (Å²) in [5, 5.41) is 0. The number of ketones is 2. The summed E-state index contributed by atoms with van der Waals surface area (Å²) in [6.07, 6.45) is 13.7. The third-order valence-electron chi connectivity index (χ3n) is 7.96. The summed E-state index contributed by atoms with van der Waals surface area (Å²) in [6.45, 7) is 16.9. The van der Waals surface area contributed by atoms with Crippen LogP contribution in [0.15, 0.2) is 22.3 Å². The lowest BCUT2D eigenvalue weighted by Gasteiger charge is -2.28. The second kappa shape index (κ2) is 14.5. The maximum Gasteiger partial charge on any atom is 0.185 e. The Bertz CT molecular complexity index is 715. The minimum atomic E-state index is -0.286. The van der Waals surface area contributed by atoms with E-state index in [1.807, 2.05) is 0 Å². The Morgan fingerprint density at radius 3 is 1.70 bits per heavy atom. The van der Waals surface area contributed by atoms with E-state index in [1.165, 1.54) is 44.9 Å². The van der Waals surface area contributed by atoms with Gasteiger partial charge in [-0.3, -0.25) is 9.59 Å². The lowest BCUT2D eigenvalue weighted by atomic mass is 9.81. The second-order valence-electron chi connectivity index (χ2n) is 11.4. The lowest BCUT2D eigenvalue weighted by Crippen LogP contribution is -2.25. The topological polar surface area (TPSA) is 34.1 Å². The zero-order chi connectivity index (χ0) is 25.2. The zero-order valence-electron chi connectivity index (χ0n) is 22.9. The van der Waals surface area contributed by atoms with Gasteiger partial charge in [-0.1, -0.05) is 86.0 Å². The standard InChI is InChI=1S/C30H51ClO2/c1-9-30(31,20-18-27-26(8)28(32)24(6)25(7)29(27)33)19-12-17-23(5)16-11-15-22(4)14-10-13-21(2)3/h21-23H,9-20H2,1-8H3. The first kappa shape index (κ1) is 30.1. The SMILES string of the molecule is CCC(Cl)(CCCC(C)CCCC(C)CCCC(C)C)CCC1=C(C)C(=O)C(C)=C(C)C1=O. The fraction of sp³-hybridized carbons (Fsp3) is 0.800. The first-order valence-corrected chi connectivity index (χ1v) is 13.9. The van der Waals surface area contributed by atoms with E-state index in [-0.39, 0.29) is 16.4 Å². The molecular formula is C30H51ClO2. The number of alkyl halides is 1. The number of carbonyl (C=O) groups excluding carboxylic acids is 2. The van der Waals surface area contributed by atoms with Crippen LogP contribution in [0.4, 0.5) is 0 Å². The van der Waals surface area contributed by atoms with Gasteiger partial charge in [0.15, 0.2) is 11.6 Å². The monoisotopic (exact) mass is 478 g/mol. The molecule has 0 bridgehead atoms. The Labute approximate surface area is 210 Å². The summed E-state index contributed by atoms with van der Waals surface area (Å²) in [6, 6.07) is 0. The molecular weight excluding hydrogens is 428 g/mol. The number of Topliss-reactive ketones (excluding diaryl/α,β-unsaturated/α-hetero) is 2. The third kappa shape index (κ3) is 10.1. The second-order valence-corrected chi connectivity index (χ2v) is 12.2. The largest absolute Gasteiger partial charge is 0.289 e. The van der Waals surface area contributed by atoms with E-state index in [4.69, 9.17) is 11.6 Å². The fourth-order valence-corrected chi connectivity index (χ4v) is 5.26. The van der Waals surface area contributed by atoms with Crippen LogP contribution in [0, 0.1) is 17.8 Å². The predicted octanol–water partition coefficient (Wildman–Crippen LogP) is 9.40. The first-order valence-electron chi connectivity index (χ1n) is 13.6. The van der Waals surface area contributed by atoms with Gasteiger partial charge in [-0.2, -0.15) is 0 Å². The van der Waals surface area contributed by atoms with Crippen molar-refractivity contribution in [2.45, 2.75) is 137 Å². The Hall–Kier alpha value is -0.890. The molecule has 0 aromatic heterocycles. The van der Waals surface area contributed by atoms with Crippen molar-refractivity contribution in [3.8, 4) is 0 Å². The molecule has 0 radical (unpaired) electrons. The molecule has 1 aliphatic carbocycles. The van der Waals surface area contributed by atoms with E-state index >= 15 is 0 Å². The highest BCUT2D eigenvalue weighted by atomic mass is 35.5. The molecule has 2 nitrogen and oxygen atoms in total. The molecule has 0 saturated heterocycles. The molecule has 190 valence electrons. The van der Waals surface area contributed by atoms with Crippen molar-refractivity contribution in [1.29, 1.82) is 0 Å². The highest BCUT2D eigenvalue weighted by molar-refractivity contribution is 6.25. The summed E-state index contributed by atoms with van der Waals surface area (Å²) in [7, 11) is 0. The van der Waals surface area contributed by atoms with Crippen molar-refractivity contribution in [2.24, 2.45) is 17.8 Å². The van der Waals surface area contributed by atoms with Crippen molar-refractivity contribution in [2.75, 3.05) is 0 Å². The van der Waals surface area contributed by atoms with Crippen molar-refractivity contribution < 1.29 is 9.59 Å². The van der Waals surface area contributed by atoms with Gasteiger partial charge in [0.2, 0.25) is 0 Å². The van der Waals surface area contributed by atoms with Gasteiger partial charge in [-0.15, -0.1) is 11.6 Å². The molecule has 0 aromatic carbocycles. The van der Waals surface area contributed by atoms with Gasteiger partial charge >= 0.3 is 0 Å². The highest BCUT2D eigenvalue weighted by Gasteiger charge is 2.31. The number of halogens is 1. The van der Waals surface area contributed by atoms with Gasteiger partial charge in [0.1, 0.15) is 0 Å². The predicted molar refractivity (Wildman–Crippen MR) is 144 cm³/mol. The van der Waals surface area contributed by atoms with Gasteiger partial charge in [-0.25, -0.2) is 0 Å². The lowest BCUT2D eigenvalue weighted by molar-refractivity contribution is -0.116. The van der Waals surface area contributed by atoms with E-state index in [0.29, 0.717) is 28.7 Å². The quantitative estimate of drug-likeness (QED) is 0.163. The van der Waals surface area contributed by atoms with Crippen molar-refractivity contribution in [1.82, 2.24) is 0 Å². The molecule has 1 aliphatic rings. The average Bonchev–Trinajstić information content (AvgIpc) is 2.76. The molecule has 3 unspecified atom stereocenters. The molecule has 0 fully saturated rings. The molecule has 3 heteroatoms. The third-order valence-corrected chi connectivity index (χ3v) is 8.61. The molecule has 0 heterocycles. The molecule has 1 rings (SSSR count). The van der Waals surface area contributed by atoms with Gasteiger partial charge in [-0.05, 0) is 64.2 Å². The molecule has 0 spiro atoms. The maximum absolute atomic E-state index is 12.7. The summed E-state index contributed by atoms with van der Waals surface area (Å²) < 4.78 is 0. The van der Waals surface area contributed by atoms with Crippen LogP contribution in [-0.2, 0) is 9.59 Å². The number of allylic oxidation sites excluding steroid dienone is 4. The molecule has 0 amide bonds. The number of rotatable bonds is 16. The molecule has 0 N–H and O–H groups in total. The minimum Gasteiger partial charge on any atom is -0.289 e. The van der Waals surface area contributed by atoms with E-state index in [9.17, 15) is 9.59 Å². The van der Waals surface area contributed by atoms with Crippen LogP contribution in [0.25, 0.3) is 0 Å². The van der Waals surface area contributed by atoms with Crippen LogP contribution in [0.2, 0.25) is 0 Å². The molecule has 33 heavy (non-hydrogen) atoms. The van der Waals surface area contributed by atoms with E-state index in [0.717, 1.165) is 43.4 Å². The Morgan fingerprint density at radius 2 is 1.18 bits per heavy atom. The minimum absolute atomic E-state index is 0.0156. The number of hydrogen-bond acceptors (Lipinski definition) is 2. The van der Waals surface area contributed by atoms with Crippen molar-refractivity contribution >= 4 is 23.2 Å². The smallest absolute Gasteiger partial charge is 0.185 e. The molecule has 0 aliphatic heterocycles. The Kier molecular flexibility index (Phi) is 13.2. The van der Waals surface area contributed by atoms with Crippen LogP contribution in [-0.4, -0.2) is 16.4 Å². The summed E-state index contributed by atoms with van der Waals surface area (Å²) in [5.74, 6) is 2.46. The molecule has 0 saturated carbocycles. The van der Waals surface area contributed by atoms with Gasteiger partial charge in [0, 0.05) is 27.2 Å². The average molecular weight is 479 g/mol. The highest BCUT2D eigenvalue weighted by Crippen LogP contribution is 2.36. The zero-order valence-corrected chi connectivity index (χ0v) is 23.7. The number of carbonyl (C=O) groups is 2. The van der Waals surface area contributed by atoms with Crippen LogP contribution < -0.4 is 0 Å². The molecule has 0 aromatic rings. The first-order chi connectivity index (χ1) is 15.4. The van der Waals surface area contributed by atoms with Crippen LogP contribution in [0.1, 0.15) is 132 Å². The summed E-state index contributed by atoms with van der Waals surface area (Å²) in [4.78, 5) is 24.9. The normalized spacial score (nSPS) is 18.8.